The highest BCUT2D eigenvalue weighted by Gasteiger charge is 2.15. The molecule has 0 aliphatic heterocycles. The number of rotatable bonds is 6. The van der Waals surface area contributed by atoms with Crippen LogP contribution in [0.3, 0.4) is 0 Å². The van der Waals surface area contributed by atoms with Gasteiger partial charge in [0.05, 0.1) is 6.20 Å². The number of aromatic nitrogens is 3. The average molecular weight is 262 g/mol. The van der Waals surface area contributed by atoms with Crippen LogP contribution in [0.15, 0.2) is 24.7 Å². The fraction of sp³-hybridized carbons (Fsp3) is 0.462. The first kappa shape index (κ1) is 13.3. The van der Waals surface area contributed by atoms with Crippen molar-refractivity contribution in [2.45, 2.75) is 32.7 Å². The van der Waals surface area contributed by atoms with Gasteiger partial charge >= 0.3 is 5.97 Å². The predicted molar refractivity (Wildman–Crippen MR) is 72.3 cm³/mol. The normalized spacial score (nSPS) is 11.1. The molecule has 2 aromatic heterocycles. The molecule has 0 unspecified atom stereocenters. The number of hydrogen-bond donors (Lipinski definition) is 1. The van der Waals surface area contributed by atoms with Crippen molar-refractivity contribution in [1.29, 1.82) is 0 Å². The van der Waals surface area contributed by atoms with Gasteiger partial charge in [0, 0.05) is 31.4 Å². The lowest BCUT2D eigenvalue weighted by atomic mass is 10.2. The topological polar surface area (TPSA) is 70.7 Å². The first-order valence-electron chi connectivity index (χ1n) is 6.36. The summed E-state index contributed by atoms with van der Waals surface area (Å²) < 4.78 is 1.77. The van der Waals surface area contributed by atoms with Crippen molar-refractivity contribution in [3.05, 3.63) is 24.7 Å². The Kier molecular flexibility index (Phi) is 3.99. The van der Waals surface area contributed by atoms with Crippen LogP contribution in [0.2, 0.25) is 0 Å². The van der Waals surface area contributed by atoms with Crippen molar-refractivity contribution in [2.75, 3.05) is 11.4 Å². The summed E-state index contributed by atoms with van der Waals surface area (Å²) in [7, 11) is 0. The minimum Gasteiger partial charge on any atom is -0.481 e. The second-order valence-electron chi connectivity index (χ2n) is 4.70. The molecule has 0 aliphatic carbocycles. The third kappa shape index (κ3) is 3.01. The molecule has 1 N–H and O–H groups in total. The largest absolute Gasteiger partial charge is 0.481 e. The molecule has 6 nitrogen and oxygen atoms in total. The fourth-order valence-electron chi connectivity index (χ4n) is 2.07. The Morgan fingerprint density at radius 2 is 2.26 bits per heavy atom. The van der Waals surface area contributed by atoms with Crippen LogP contribution in [-0.2, 0) is 4.79 Å². The molecule has 0 bridgehead atoms. The van der Waals surface area contributed by atoms with Crippen LogP contribution < -0.4 is 4.90 Å². The molecule has 2 rings (SSSR count). The summed E-state index contributed by atoms with van der Waals surface area (Å²) in [6.07, 6.45) is 6.02. The van der Waals surface area contributed by atoms with Gasteiger partial charge in [-0.15, -0.1) is 0 Å². The Hall–Kier alpha value is -2.11. The molecule has 0 aliphatic rings. The molecule has 0 aromatic carbocycles. The lowest BCUT2D eigenvalue weighted by Gasteiger charge is -2.28. The molecule has 0 radical (unpaired) electrons. The summed E-state index contributed by atoms with van der Waals surface area (Å²) in [5.41, 5.74) is 0.937. The monoisotopic (exact) mass is 262 g/mol. The van der Waals surface area contributed by atoms with E-state index in [0.29, 0.717) is 13.0 Å². The maximum Gasteiger partial charge on any atom is 0.303 e. The smallest absolute Gasteiger partial charge is 0.303 e. The lowest BCUT2D eigenvalue weighted by molar-refractivity contribution is -0.137. The van der Waals surface area contributed by atoms with Gasteiger partial charge in [0.15, 0.2) is 5.82 Å². The van der Waals surface area contributed by atoms with Gasteiger partial charge in [-0.25, -0.2) is 9.50 Å². The number of hydrogen-bond acceptors (Lipinski definition) is 4. The van der Waals surface area contributed by atoms with Crippen LogP contribution in [0, 0.1) is 0 Å². The van der Waals surface area contributed by atoms with E-state index in [1.54, 1.807) is 23.1 Å². The van der Waals surface area contributed by atoms with Crippen LogP contribution in [0.1, 0.15) is 26.7 Å². The van der Waals surface area contributed by atoms with E-state index in [0.717, 1.165) is 11.3 Å². The van der Waals surface area contributed by atoms with Crippen LogP contribution >= 0.6 is 0 Å². The first-order chi connectivity index (χ1) is 9.09. The number of anilines is 1. The number of carboxylic acid groups (broad SMARTS) is 1. The molecule has 0 fully saturated rings. The minimum absolute atomic E-state index is 0.172. The molecule has 19 heavy (non-hydrogen) atoms. The van der Waals surface area contributed by atoms with Gasteiger partial charge in [0.25, 0.3) is 0 Å². The molecule has 0 spiro atoms. The zero-order valence-corrected chi connectivity index (χ0v) is 11.2. The van der Waals surface area contributed by atoms with Gasteiger partial charge in [-0.1, -0.05) is 0 Å². The van der Waals surface area contributed by atoms with Crippen LogP contribution in [-0.4, -0.2) is 38.3 Å². The Morgan fingerprint density at radius 3 is 2.95 bits per heavy atom. The summed E-state index contributed by atoms with van der Waals surface area (Å²) in [5, 5.41) is 12.9. The van der Waals surface area contributed by atoms with E-state index >= 15 is 0 Å². The lowest BCUT2D eigenvalue weighted by Crippen LogP contribution is -2.33. The van der Waals surface area contributed by atoms with Crippen molar-refractivity contribution >= 4 is 17.3 Å². The van der Waals surface area contributed by atoms with Crippen molar-refractivity contribution < 1.29 is 9.90 Å². The summed E-state index contributed by atoms with van der Waals surface area (Å²) in [6.45, 7) is 4.81. The predicted octanol–water partition coefficient (Wildman–Crippen LogP) is 1.81. The van der Waals surface area contributed by atoms with Gasteiger partial charge in [-0.05, 0) is 26.3 Å². The molecule has 6 heteroatoms. The zero-order valence-electron chi connectivity index (χ0n) is 11.2. The summed E-state index contributed by atoms with van der Waals surface area (Å²) in [4.78, 5) is 17.1. The Balaban J connectivity index is 2.23. The third-order valence-corrected chi connectivity index (χ3v) is 2.99. The summed E-state index contributed by atoms with van der Waals surface area (Å²) >= 11 is 0. The number of carboxylic acids is 1. The van der Waals surface area contributed by atoms with E-state index < -0.39 is 5.97 Å². The Labute approximate surface area is 111 Å². The van der Waals surface area contributed by atoms with E-state index in [9.17, 15) is 4.79 Å². The molecular weight excluding hydrogens is 244 g/mol. The highest BCUT2D eigenvalue weighted by Crippen LogP contribution is 2.20. The highest BCUT2D eigenvalue weighted by atomic mass is 16.4. The SMILES string of the molecule is CC(C)N(CCCC(=O)O)c1nccn2nccc12. The first-order valence-corrected chi connectivity index (χ1v) is 6.36. The molecule has 0 saturated heterocycles. The van der Waals surface area contributed by atoms with E-state index in [1.165, 1.54) is 0 Å². The third-order valence-electron chi connectivity index (χ3n) is 2.99. The van der Waals surface area contributed by atoms with E-state index in [4.69, 9.17) is 5.11 Å². The quantitative estimate of drug-likeness (QED) is 0.859. The average Bonchev–Trinajstić information content (AvgIpc) is 2.82. The van der Waals surface area contributed by atoms with Crippen molar-refractivity contribution in [2.24, 2.45) is 0 Å². The standard InChI is InChI=1S/C13H18N4O2/c1-10(2)16(8-3-4-12(18)19)13-11-5-6-15-17(11)9-7-14-13/h5-7,9-10H,3-4,8H2,1-2H3,(H,18,19). The fourth-order valence-corrected chi connectivity index (χ4v) is 2.07. The molecule has 0 amide bonds. The number of carbonyl (C=O) groups is 1. The van der Waals surface area contributed by atoms with Crippen LogP contribution in [0.25, 0.3) is 5.52 Å². The van der Waals surface area contributed by atoms with Crippen molar-refractivity contribution in [1.82, 2.24) is 14.6 Å². The maximum atomic E-state index is 10.6. The summed E-state index contributed by atoms with van der Waals surface area (Å²) in [6, 6.07) is 2.16. The maximum absolute atomic E-state index is 10.6. The van der Waals surface area contributed by atoms with E-state index in [-0.39, 0.29) is 12.5 Å². The van der Waals surface area contributed by atoms with E-state index in [2.05, 4.69) is 28.8 Å². The van der Waals surface area contributed by atoms with Gasteiger partial charge in [0.2, 0.25) is 0 Å². The van der Waals surface area contributed by atoms with Gasteiger partial charge in [0.1, 0.15) is 5.52 Å². The molecule has 0 atom stereocenters. The van der Waals surface area contributed by atoms with Crippen LogP contribution in [0.4, 0.5) is 5.82 Å². The second kappa shape index (κ2) is 5.69. The van der Waals surface area contributed by atoms with Gasteiger partial charge < -0.3 is 10.0 Å². The van der Waals surface area contributed by atoms with Gasteiger partial charge in [-0.2, -0.15) is 5.10 Å². The minimum atomic E-state index is -0.765. The number of nitrogens with zero attached hydrogens (tertiary/aromatic N) is 4. The van der Waals surface area contributed by atoms with Crippen molar-refractivity contribution in [3.63, 3.8) is 0 Å². The molecule has 2 heterocycles. The second-order valence-corrected chi connectivity index (χ2v) is 4.70. The van der Waals surface area contributed by atoms with Crippen LogP contribution in [0.5, 0.6) is 0 Å². The highest BCUT2D eigenvalue weighted by molar-refractivity contribution is 5.69. The number of fused-ring (bicyclic) bond motifs is 1. The van der Waals surface area contributed by atoms with Gasteiger partial charge in [-0.3, -0.25) is 4.79 Å². The molecule has 102 valence electrons. The molecule has 2 aromatic rings. The Morgan fingerprint density at radius 1 is 1.47 bits per heavy atom. The zero-order chi connectivity index (χ0) is 13.8. The molecular formula is C13H18N4O2. The molecule has 0 saturated carbocycles. The Bertz CT molecular complexity index is 565. The summed E-state index contributed by atoms with van der Waals surface area (Å²) in [5.74, 6) is 0.0830. The van der Waals surface area contributed by atoms with Crippen molar-refractivity contribution in [3.8, 4) is 0 Å². The van der Waals surface area contributed by atoms with E-state index in [1.807, 2.05) is 6.07 Å². The number of aliphatic carboxylic acids is 1.